The molecule has 1 N–H and O–H groups in total. The van der Waals surface area contributed by atoms with Gasteiger partial charge in [-0.15, -0.1) is 11.3 Å². The van der Waals surface area contributed by atoms with Crippen LogP contribution in [0.15, 0.2) is 30.3 Å². The molecule has 0 fully saturated rings. The topological polar surface area (TPSA) is 37.3 Å². The zero-order valence-electron chi connectivity index (χ0n) is 9.15. The van der Waals surface area contributed by atoms with Gasteiger partial charge in [0.25, 0.3) is 0 Å². The molecule has 82 valence electrons. The zero-order valence-corrected chi connectivity index (χ0v) is 9.97. The molecular weight excluding hydrogens is 220 g/mol. The van der Waals surface area contributed by atoms with Crippen molar-refractivity contribution in [2.45, 2.75) is 13.8 Å². The average molecular weight is 232 g/mol. The number of carbonyl (C=O) groups is 1. The van der Waals surface area contributed by atoms with Gasteiger partial charge in [0.05, 0.1) is 0 Å². The number of rotatable bonds is 2. The van der Waals surface area contributed by atoms with Crippen molar-refractivity contribution >= 4 is 17.1 Å². The van der Waals surface area contributed by atoms with E-state index in [1.54, 1.807) is 0 Å². The Kier molecular flexibility index (Phi) is 2.79. The highest BCUT2D eigenvalue weighted by atomic mass is 32.1. The van der Waals surface area contributed by atoms with E-state index in [1.165, 1.54) is 18.3 Å². The highest BCUT2D eigenvalue weighted by molar-refractivity contribution is 7.18. The number of Topliss-reactive ketones (excluding diaryl/α,β-unsaturated/α-hetero) is 1. The smallest absolute Gasteiger partial charge is 0.173 e. The summed E-state index contributed by atoms with van der Waals surface area (Å²) in [4.78, 5) is 12.7. The van der Waals surface area contributed by atoms with Crippen molar-refractivity contribution < 1.29 is 9.90 Å². The van der Waals surface area contributed by atoms with Crippen molar-refractivity contribution in [1.82, 2.24) is 0 Å². The maximum absolute atomic E-state index is 11.3. The molecule has 16 heavy (non-hydrogen) atoms. The summed E-state index contributed by atoms with van der Waals surface area (Å²) in [7, 11) is 0. The Hall–Kier alpha value is -1.61. The molecule has 2 nitrogen and oxygen atoms in total. The average Bonchev–Trinajstić information content (AvgIpc) is 2.58. The first kappa shape index (κ1) is 10.9. The highest BCUT2D eigenvalue weighted by Gasteiger charge is 2.17. The SMILES string of the molecule is CC(=O)c1sc(-c2ccccc2)c(C)c1O. The van der Waals surface area contributed by atoms with Crippen LogP contribution in [0.4, 0.5) is 0 Å². The van der Waals surface area contributed by atoms with Gasteiger partial charge < -0.3 is 5.11 Å². The molecule has 0 saturated carbocycles. The molecule has 0 bridgehead atoms. The van der Waals surface area contributed by atoms with E-state index in [2.05, 4.69) is 0 Å². The standard InChI is InChI=1S/C13H12O2S/c1-8-11(15)13(9(2)14)16-12(8)10-6-4-3-5-7-10/h3-7,15H,1-2H3. The van der Waals surface area contributed by atoms with Gasteiger partial charge in [0.2, 0.25) is 0 Å². The van der Waals surface area contributed by atoms with Crippen molar-refractivity contribution in [1.29, 1.82) is 0 Å². The minimum Gasteiger partial charge on any atom is -0.506 e. The van der Waals surface area contributed by atoms with Gasteiger partial charge in [0, 0.05) is 17.4 Å². The van der Waals surface area contributed by atoms with E-state index in [-0.39, 0.29) is 11.5 Å². The summed E-state index contributed by atoms with van der Waals surface area (Å²) in [6, 6.07) is 9.78. The third-order valence-electron chi connectivity index (χ3n) is 2.47. The lowest BCUT2D eigenvalue weighted by molar-refractivity contribution is 0.101. The molecule has 2 rings (SSSR count). The van der Waals surface area contributed by atoms with Crippen LogP contribution < -0.4 is 0 Å². The second-order valence-corrected chi connectivity index (χ2v) is 4.68. The van der Waals surface area contributed by atoms with E-state index in [4.69, 9.17) is 0 Å². The van der Waals surface area contributed by atoms with Gasteiger partial charge in [-0.3, -0.25) is 4.79 Å². The van der Waals surface area contributed by atoms with Crippen molar-refractivity contribution in [3.63, 3.8) is 0 Å². The number of thiophene rings is 1. The molecule has 0 aliphatic carbocycles. The molecule has 0 atom stereocenters. The molecule has 1 heterocycles. The predicted octanol–water partition coefficient (Wildman–Crippen LogP) is 3.63. The second kappa shape index (κ2) is 4.10. The minimum atomic E-state index is -0.0900. The van der Waals surface area contributed by atoms with E-state index in [0.29, 0.717) is 4.88 Å². The summed E-state index contributed by atoms with van der Waals surface area (Å²) >= 11 is 1.35. The van der Waals surface area contributed by atoms with Crippen molar-refractivity contribution in [3.8, 4) is 16.2 Å². The lowest BCUT2D eigenvalue weighted by atomic mass is 10.1. The fourth-order valence-corrected chi connectivity index (χ4v) is 2.71. The van der Waals surface area contributed by atoms with Crippen molar-refractivity contribution in [3.05, 3.63) is 40.8 Å². The summed E-state index contributed by atoms with van der Waals surface area (Å²) in [5.41, 5.74) is 1.81. The zero-order chi connectivity index (χ0) is 11.7. The Morgan fingerprint density at radius 3 is 2.38 bits per heavy atom. The third kappa shape index (κ3) is 1.74. The molecular formula is C13H12O2S. The summed E-state index contributed by atoms with van der Waals surface area (Å²) in [6.07, 6.45) is 0. The van der Waals surface area contributed by atoms with Gasteiger partial charge in [0.1, 0.15) is 10.6 Å². The summed E-state index contributed by atoms with van der Waals surface area (Å²) in [5.74, 6) is 0.0316. The van der Waals surface area contributed by atoms with Crippen LogP contribution in [0.25, 0.3) is 10.4 Å². The number of benzene rings is 1. The van der Waals surface area contributed by atoms with Gasteiger partial charge >= 0.3 is 0 Å². The molecule has 1 aromatic carbocycles. The molecule has 0 aliphatic heterocycles. The molecule has 1 aromatic heterocycles. The van der Waals surface area contributed by atoms with Gasteiger partial charge in [-0.05, 0) is 12.5 Å². The number of hydrogen-bond acceptors (Lipinski definition) is 3. The van der Waals surface area contributed by atoms with E-state index in [1.807, 2.05) is 37.3 Å². The lowest BCUT2D eigenvalue weighted by Crippen LogP contribution is -1.85. The number of hydrogen-bond donors (Lipinski definition) is 1. The first-order valence-corrected chi connectivity index (χ1v) is 5.81. The molecule has 2 aromatic rings. The predicted molar refractivity (Wildman–Crippen MR) is 66.2 cm³/mol. The van der Waals surface area contributed by atoms with Gasteiger partial charge in [-0.25, -0.2) is 0 Å². The Bertz CT molecular complexity index is 526. The molecule has 0 unspecified atom stereocenters. The highest BCUT2D eigenvalue weighted by Crippen LogP contribution is 2.40. The van der Waals surface area contributed by atoms with E-state index in [9.17, 15) is 9.90 Å². The molecule has 0 spiro atoms. The van der Waals surface area contributed by atoms with E-state index in [0.717, 1.165) is 16.0 Å². The first-order valence-electron chi connectivity index (χ1n) is 5.00. The van der Waals surface area contributed by atoms with Crippen LogP contribution in [0, 0.1) is 6.92 Å². The van der Waals surface area contributed by atoms with Crippen LogP contribution in [0.2, 0.25) is 0 Å². The minimum absolute atomic E-state index is 0.0900. The Balaban J connectivity index is 2.60. The molecule has 0 aliphatic rings. The van der Waals surface area contributed by atoms with Gasteiger partial charge in [-0.1, -0.05) is 30.3 Å². The first-order chi connectivity index (χ1) is 7.61. The number of ketones is 1. The van der Waals surface area contributed by atoms with Gasteiger partial charge in [0.15, 0.2) is 5.78 Å². The van der Waals surface area contributed by atoms with E-state index < -0.39 is 0 Å². The van der Waals surface area contributed by atoms with Crippen LogP contribution >= 0.6 is 11.3 Å². The Morgan fingerprint density at radius 2 is 1.88 bits per heavy atom. The van der Waals surface area contributed by atoms with Crippen LogP contribution in [0.5, 0.6) is 5.75 Å². The van der Waals surface area contributed by atoms with Crippen LogP contribution in [0.3, 0.4) is 0 Å². The molecule has 0 amide bonds. The second-order valence-electron chi connectivity index (χ2n) is 3.66. The number of aromatic hydroxyl groups is 1. The van der Waals surface area contributed by atoms with Crippen LogP contribution in [-0.2, 0) is 0 Å². The maximum Gasteiger partial charge on any atom is 0.173 e. The van der Waals surface area contributed by atoms with Crippen LogP contribution in [-0.4, -0.2) is 10.9 Å². The van der Waals surface area contributed by atoms with E-state index >= 15 is 0 Å². The molecule has 0 saturated heterocycles. The van der Waals surface area contributed by atoms with Crippen molar-refractivity contribution in [2.75, 3.05) is 0 Å². The van der Waals surface area contributed by atoms with Crippen LogP contribution in [0.1, 0.15) is 22.2 Å². The Labute approximate surface area is 98.2 Å². The fraction of sp³-hybridized carbons (Fsp3) is 0.154. The monoisotopic (exact) mass is 232 g/mol. The third-order valence-corrected chi connectivity index (χ3v) is 3.90. The lowest BCUT2D eigenvalue weighted by Gasteiger charge is -1.98. The van der Waals surface area contributed by atoms with Gasteiger partial charge in [-0.2, -0.15) is 0 Å². The largest absolute Gasteiger partial charge is 0.506 e. The quantitative estimate of drug-likeness (QED) is 0.803. The molecule has 0 radical (unpaired) electrons. The fourth-order valence-electron chi connectivity index (χ4n) is 1.61. The maximum atomic E-state index is 11.3. The summed E-state index contributed by atoms with van der Waals surface area (Å²) in [6.45, 7) is 3.31. The van der Waals surface area contributed by atoms with Crippen molar-refractivity contribution in [2.24, 2.45) is 0 Å². The number of carbonyl (C=O) groups excluding carboxylic acids is 1. The normalized spacial score (nSPS) is 10.4. The summed E-state index contributed by atoms with van der Waals surface area (Å²) < 4.78 is 0. The summed E-state index contributed by atoms with van der Waals surface area (Å²) in [5, 5.41) is 9.84. The molecule has 3 heteroatoms. The Morgan fingerprint density at radius 1 is 1.25 bits per heavy atom.